The van der Waals surface area contributed by atoms with Crippen LogP contribution in [0.3, 0.4) is 0 Å². The fraction of sp³-hybridized carbons (Fsp3) is 0.143. The molecule has 0 aliphatic carbocycles. The van der Waals surface area contributed by atoms with E-state index in [1.165, 1.54) is 6.20 Å². The van der Waals surface area contributed by atoms with E-state index in [4.69, 9.17) is 0 Å². The van der Waals surface area contributed by atoms with Crippen LogP contribution in [0.25, 0.3) is 6.20 Å². The molecule has 0 radical (unpaired) electrons. The Morgan fingerprint density at radius 2 is 2.17 bits per heavy atom. The monoisotopic (exact) mass is 241 g/mol. The van der Waals surface area contributed by atoms with Crippen LogP contribution in [0, 0.1) is 25.7 Å². The minimum Gasteiger partial charge on any atom is -0.307 e. The maximum atomic E-state index is 12.1. The molecule has 2 aromatic rings. The molecule has 0 saturated carbocycles. The molecule has 0 amide bonds. The van der Waals surface area contributed by atoms with E-state index >= 15 is 0 Å². The highest BCUT2D eigenvalue weighted by Crippen LogP contribution is 2.03. The van der Waals surface area contributed by atoms with Gasteiger partial charge in [0.1, 0.15) is 17.8 Å². The van der Waals surface area contributed by atoms with Crippen LogP contribution in [-0.2, 0) is 0 Å². The van der Waals surface area contributed by atoms with E-state index in [1.54, 1.807) is 23.9 Å². The van der Waals surface area contributed by atoms with Gasteiger partial charge in [0.15, 0.2) is 0 Å². The lowest BCUT2D eigenvalue weighted by Crippen LogP contribution is -1.85. The summed E-state index contributed by atoms with van der Waals surface area (Å²) < 4.78 is 13.7. The number of hydrogen-bond donors (Lipinski definition) is 0. The van der Waals surface area contributed by atoms with Crippen molar-refractivity contribution in [1.29, 1.82) is 0 Å². The van der Waals surface area contributed by atoms with Crippen molar-refractivity contribution in [2.24, 2.45) is 0 Å². The molecule has 2 aromatic heterocycles. The summed E-state index contributed by atoms with van der Waals surface area (Å²) >= 11 is 0. The van der Waals surface area contributed by atoms with Gasteiger partial charge in [-0.2, -0.15) is 0 Å². The molecule has 0 saturated heterocycles. The zero-order chi connectivity index (χ0) is 13.0. The van der Waals surface area contributed by atoms with E-state index in [1.807, 2.05) is 19.1 Å². The second-order valence-electron chi connectivity index (χ2n) is 3.79. The van der Waals surface area contributed by atoms with Crippen molar-refractivity contribution < 1.29 is 4.39 Å². The second kappa shape index (κ2) is 5.28. The molecule has 0 aromatic carbocycles. The van der Waals surface area contributed by atoms with Crippen molar-refractivity contribution in [3.05, 3.63) is 53.6 Å². The van der Waals surface area contributed by atoms with Crippen LogP contribution in [0.1, 0.15) is 22.8 Å². The molecule has 0 N–H and O–H groups in total. The number of aromatic nitrogens is 3. The van der Waals surface area contributed by atoms with Crippen LogP contribution < -0.4 is 0 Å². The number of halogens is 1. The van der Waals surface area contributed by atoms with Crippen LogP contribution >= 0.6 is 0 Å². The van der Waals surface area contributed by atoms with E-state index in [9.17, 15) is 4.39 Å². The van der Waals surface area contributed by atoms with Gasteiger partial charge in [0, 0.05) is 29.9 Å². The average molecular weight is 241 g/mol. The number of imidazole rings is 1. The standard InChI is InChI=1S/C14H12FN3/c1-11-9-13(5-7-16-11)3-4-14-10-18(8-6-15)12(2)17-14/h5-10H,1-2H3/b8-6+. The van der Waals surface area contributed by atoms with Gasteiger partial charge in [0.2, 0.25) is 0 Å². The molecule has 0 bridgehead atoms. The van der Waals surface area contributed by atoms with Crippen molar-refractivity contribution in [3.8, 4) is 11.8 Å². The van der Waals surface area contributed by atoms with E-state index in [2.05, 4.69) is 21.8 Å². The molecule has 18 heavy (non-hydrogen) atoms. The number of rotatable bonds is 1. The number of aryl methyl sites for hydroxylation is 2. The average Bonchev–Trinajstić information content (AvgIpc) is 2.69. The van der Waals surface area contributed by atoms with E-state index in [-0.39, 0.29) is 0 Å². The van der Waals surface area contributed by atoms with Gasteiger partial charge in [-0.15, -0.1) is 0 Å². The maximum absolute atomic E-state index is 12.1. The fourth-order valence-electron chi connectivity index (χ4n) is 1.52. The smallest absolute Gasteiger partial charge is 0.132 e. The van der Waals surface area contributed by atoms with Crippen LogP contribution in [-0.4, -0.2) is 14.5 Å². The molecule has 0 atom stereocenters. The minimum atomic E-state index is 0.470. The molecule has 90 valence electrons. The van der Waals surface area contributed by atoms with Crippen LogP contribution in [0.5, 0.6) is 0 Å². The Hall–Kier alpha value is -2.41. The van der Waals surface area contributed by atoms with Gasteiger partial charge >= 0.3 is 0 Å². The lowest BCUT2D eigenvalue weighted by molar-refractivity contribution is 0.721. The summed E-state index contributed by atoms with van der Waals surface area (Å²) in [6.07, 6.45) is 5.17. The number of hydrogen-bond acceptors (Lipinski definition) is 2. The predicted octanol–water partition coefficient (Wildman–Crippen LogP) is 2.69. The zero-order valence-electron chi connectivity index (χ0n) is 10.2. The van der Waals surface area contributed by atoms with Crippen molar-refractivity contribution in [2.75, 3.05) is 0 Å². The predicted molar refractivity (Wildman–Crippen MR) is 68.4 cm³/mol. The highest BCUT2D eigenvalue weighted by molar-refractivity contribution is 5.41. The summed E-state index contributed by atoms with van der Waals surface area (Å²) in [6.45, 7) is 3.71. The van der Waals surface area contributed by atoms with Crippen LogP contribution in [0.15, 0.2) is 30.9 Å². The first-order chi connectivity index (χ1) is 8.69. The molecule has 2 rings (SSSR count). The van der Waals surface area contributed by atoms with E-state index in [0.717, 1.165) is 11.3 Å². The van der Waals surface area contributed by atoms with Crippen molar-refractivity contribution in [1.82, 2.24) is 14.5 Å². The summed E-state index contributed by atoms with van der Waals surface area (Å²) in [5.41, 5.74) is 2.42. The molecule has 0 aliphatic rings. The highest BCUT2D eigenvalue weighted by Gasteiger charge is 1.98. The number of pyridine rings is 1. The quantitative estimate of drug-likeness (QED) is 0.719. The topological polar surface area (TPSA) is 30.7 Å². The first kappa shape index (κ1) is 12.1. The molecular formula is C14H12FN3. The van der Waals surface area contributed by atoms with Crippen molar-refractivity contribution in [3.63, 3.8) is 0 Å². The first-order valence-corrected chi connectivity index (χ1v) is 5.46. The molecule has 0 fully saturated rings. The summed E-state index contributed by atoms with van der Waals surface area (Å²) in [6, 6.07) is 3.74. The summed E-state index contributed by atoms with van der Waals surface area (Å²) in [5.74, 6) is 6.64. The lowest BCUT2D eigenvalue weighted by atomic mass is 10.2. The Morgan fingerprint density at radius 3 is 2.89 bits per heavy atom. The molecule has 4 heteroatoms. The SMILES string of the molecule is Cc1cc(C#Cc2cn(/C=C/F)c(C)n2)ccn1. The molecule has 0 aliphatic heterocycles. The van der Waals surface area contributed by atoms with Gasteiger partial charge in [-0.1, -0.05) is 5.92 Å². The molecule has 0 unspecified atom stereocenters. The molecular weight excluding hydrogens is 229 g/mol. The van der Waals surface area contributed by atoms with Crippen LogP contribution in [0.4, 0.5) is 4.39 Å². The third-order valence-electron chi connectivity index (χ3n) is 2.37. The van der Waals surface area contributed by atoms with E-state index < -0.39 is 0 Å². The molecule has 0 spiro atoms. The third kappa shape index (κ3) is 2.83. The first-order valence-electron chi connectivity index (χ1n) is 5.46. The Labute approximate surface area is 105 Å². The Morgan fingerprint density at radius 1 is 1.33 bits per heavy atom. The minimum absolute atomic E-state index is 0.470. The van der Waals surface area contributed by atoms with Gasteiger partial charge in [-0.05, 0) is 31.9 Å². The maximum Gasteiger partial charge on any atom is 0.132 e. The summed E-state index contributed by atoms with van der Waals surface area (Å²) in [4.78, 5) is 8.32. The van der Waals surface area contributed by atoms with Gasteiger partial charge in [-0.3, -0.25) is 4.98 Å². The lowest BCUT2D eigenvalue weighted by Gasteiger charge is -1.90. The summed E-state index contributed by atoms with van der Waals surface area (Å²) in [5, 5.41) is 0. The van der Waals surface area contributed by atoms with Gasteiger partial charge in [0.25, 0.3) is 0 Å². The Kier molecular flexibility index (Phi) is 3.54. The fourth-order valence-corrected chi connectivity index (χ4v) is 1.52. The second-order valence-corrected chi connectivity index (χ2v) is 3.79. The molecule has 2 heterocycles. The van der Waals surface area contributed by atoms with Crippen molar-refractivity contribution in [2.45, 2.75) is 13.8 Å². The zero-order valence-corrected chi connectivity index (χ0v) is 10.2. The van der Waals surface area contributed by atoms with Crippen LogP contribution in [0.2, 0.25) is 0 Å². The Balaban J connectivity index is 2.27. The normalized spacial score (nSPS) is 10.4. The number of nitrogens with zero attached hydrogens (tertiary/aromatic N) is 3. The van der Waals surface area contributed by atoms with Gasteiger partial charge in [-0.25, -0.2) is 9.37 Å². The highest BCUT2D eigenvalue weighted by atomic mass is 19.1. The van der Waals surface area contributed by atoms with E-state index in [0.29, 0.717) is 17.8 Å². The van der Waals surface area contributed by atoms with Gasteiger partial charge in [0.05, 0.1) is 0 Å². The van der Waals surface area contributed by atoms with Gasteiger partial charge < -0.3 is 4.57 Å². The third-order valence-corrected chi connectivity index (χ3v) is 2.37. The largest absolute Gasteiger partial charge is 0.307 e. The molecule has 3 nitrogen and oxygen atoms in total. The summed E-state index contributed by atoms with van der Waals surface area (Å²) in [7, 11) is 0. The Bertz CT molecular complexity index is 645. The van der Waals surface area contributed by atoms with Crippen molar-refractivity contribution >= 4 is 6.20 Å².